The quantitative estimate of drug-likeness (QED) is 0.391. The third kappa shape index (κ3) is 5.66. The molecule has 2 aromatic carbocycles. The predicted molar refractivity (Wildman–Crippen MR) is 155 cm³/mol. The van der Waals surface area contributed by atoms with Crippen molar-refractivity contribution in [1.82, 2.24) is 19.7 Å². The number of carbonyl (C=O) groups is 2. The van der Waals surface area contributed by atoms with Gasteiger partial charge < -0.3 is 24.4 Å². The lowest BCUT2D eigenvalue weighted by Gasteiger charge is -2.44. The number of carbonyl (C=O) groups excluding carboxylic acids is 2. The number of aromatic nitrogens is 1. The number of fused-ring (bicyclic) bond motifs is 3. The molecule has 0 radical (unpaired) electrons. The number of hydrogen-bond donors (Lipinski definition) is 1. The molecule has 0 bridgehead atoms. The third-order valence-electron chi connectivity index (χ3n) is 8.26. The molecule has 1 aromatic heterocycles. The van der Waals surface area contributed by atoms with Crippen LogP contribution in [0.3, 0.4) is 0 Å². The summed E-state index contributed by atoms with van der Waals surface area (Å²) < 4.78 is 7.41. The van der Waals surface area contributed by atoms with E-state index in [2.05, 4.69) is 24.1 Å². The van der Waals surface area contributed by atoms with E-state index >= 15 is 0 Å². The zero-order chi connectivity index (χ0) is 27.7. The number of nitrogens with one attached hydrogen (secondary N) is 1. The van der Waals surface area contributed by atoms with Gasteiger partial charge in [0.25, 0.3) is 5.91 Å². The van der Waals surface area contributed by atoms with E-state index in [0.29, 0.717) is 47.9 Å². The third-order valence-corrected chi connectivity index (χ3v) is 8.51. The average Bonchev–Trinajstić information content (AvgIpc) is 3.27. The summed E-state index contributed by atoms with van der Waals surface area (Å²) in [6, 6.07) is 15.1. The Morgan fingerprint density at radius 2 is 1.82 bits per heavy atom. The van der Waals surface area contributed by atoms with Crippen LogP contribution in [0.15, 0.2) is 48.5 Å². The second kappa shape index (κ2) is 11.2. The number of halogens is 1. The number of likely N-dealkylation sites (tertiary alicyclic amines) is 1. The molecule has 1 N–H and O–H groups in total. The summed E-state index contributed by atoms with van der Waals surface area (Å²) in [6.45, 7) is 10.9. The van der Waals surface area contributed by atoms with Crippen molar-refractivity contribution in [2.24, 2.45) is 11.8 Å². The highest BCUT2D eigenvalue weighted by atomic mass is 35.5. The van der Waals surface area contributed by atoms with Gasteiger partial charge in [0, 0.05) is 42.7 Å². The topological polar surface area (TPSA) is 66.8 Å². The van der Waals surface area contributed by atoms with Crippen LogP contribution in [0.5, 0.6) is 5.75 Å². The van der Waals surface area contributed by atoms with Gasteiger partial charge in [0.05, 0.1) is 19.2 Å². The maximum absolute atomic E-state index is 14.0. The van der Waals surface area contributed by atoms with Crippen molar-refractivity contribution >= 4 is 34.3 Å². The number of nitrogens with zero attached hydrogens (tertiary/aromatic N) is 3. The van der Waals surface area contributed by atoms with Gasteiger partial charge in [-0.3, -0.25) is 9.59 Å². The smallest absolute Gasteiger partial charge is 0.271 e. The summed E-state index contributed by atoms with van der Waals surface area (Å²) in [5.41, 5.74) is 1.31. The Bertz CT molecular complexity index is 1340. The molecule has 3 heterocycles. The Morgan fingerprint density at radius 1 is 1.10 bits per heavy atom. The molecule has 1 fully saturated rings. The number of hydrogen-bond acceptors (Lipinski definition) is 4. The lowest BCUT2D eigenvalue weighted by Crippen LogP contribution is -2.63. The molecule has 0 saturated carbocycles. The van der Waals surface area contributed by atoms with Gasteiger partial charge in [-0.15, -0.1) is 0 Å². The Morgan fingerprint density at radius 3 is 2.51 bits per heavy atom. The molecule has 5 rings (SSSR count). The first-order valence-corrected chi connectivity index (χ1v) is 14.3. The minimum Gasteiger partial charge on any atom is -0.497 e. The minimum atomic E-state index is -1.08. The molecule has 208 valence electrons. The summed E-state index contributed by atoms with van der Waals surface area (Å²) in [4.78, 5) is 32.1. The highest BCUT2D eigenvalue weighted by Crippen LogP contribution is 2.35. The Kier molecular flexibility index (Phi) is 7.92. The second-order valence-electron chi connectivity index (χ2n) is 11.6. The molecule has 7 nitrogen and oxygen atoms in total. The molecule has 1 saturated heterocycles. The van der Waals surface area contributed by atoms with E-state index in [1.165, 1.54) is 6.42 Å². The largest absolute Gasteiger partial charge is 0.497 e. The van der Waals surface area contributed by atoms with Gasteiger partial charge in [0.2, 0.25) is 5.91 Å². The Labute approximate surface area is 236 Å². The molecular formula is C31H39ClN4O3. The van der Waals surface area contributed by atoms with Gasteiger partial charge in [-0.2, -0.15) is 0 Å². The molecule has 2 amide bonds. The van der Waals surface area contributed by atoms with Crippen LogP contribution in [-0.4, -0.2) is 65.0 Å². The number of methoxy groups -OCH3 is 1. The van der Waals surface area contributed by atoms with E-state index in [9.17, 15) is 9.59 Å². The summed E-state index contributed by atoms with van der Waals surface area (Å²) in [6.07, 6.45) is 2.16. The van der Waals surface area contributed by atoms with Gasteiger partial charge >= 0.3 is 0 Å². The summed E-state index contributed by atoms with van der Waals surface area (Å²) in [5, 5.41) is 4.75. The second-order valence-corrected chi connectivity index (χ2v) is 12.1. The van der Waals surface area contributed by atoms with Gasteiger partial charge in [-0.05, 0) is 74.0 Å². The van der Waals surface area contributed by atoms with Crippen molar-refractivity contribution < 1.29 is 14.3 Å². The van der Waals surface area contributed by atoms with Gasteiger partial charge in [-0.1, -0.05) is 37.6 Å². The monoisotopic (exact) mass is 550 g/mol. The zero-order valence-electron chi connectivity index (χ0n) is 23.4. The first kappa shape index (κ1) is 27.5. The van der Waals surface area contributed by atoms with Gasteiger partial charge in [-0.25, -0.2) is 0 Å². The molecule has 0 aliphatic carbocycles. The van der Waals surface area contributed by atoms with E-state index in [4.69, 9.17) is 16.3 Å². The maximum atomic E-state index is 14.0. The first-order valence-electron chi connectivity index (χ1n) is 13.9. The molecular weight excluding hydrogens is 512 g/mol. The number of rotatable bonds is 8. The van der Waals surface area contributed by atoms with Crippen LogP contribution >= 0.6 is 11.6 Å². The van der Waals surface area contributed by atoms with Crippen molar-refractivity contribution in [3.63, 3.8) is 0 Å². The van der Waals surface area contributed by atoms with Crippen molar-refractivity contribution in [2.45, 2.75) is 52.2 Å². The van der Waals surface area contributed by atoms with Crippen molar-refractivity contribution in [3.05, 3.63) is 64.8 Å². The van der Waals surface area contributed by atoms with Crippen LogP contribution < -0.4 is 10.1 Å². The normalized spacial score (nSPS) is 23.6. The van der Waals surface area contributed by atoms with E-state index < -0.39 is 5.54 Å². The lowest BCUT2D eigenvalue weighted by atomic mass is 9.92. The summed E-state index contributed by atoms with van der Waals surface area (Å²) >= 11 is 6.11. The molecule has 0 spiro atoms. The summed E-state index contributed by atoms with van der Waals surface area (Å²) in [7, 11) is 1.63. The lowest BCUT2D eigenvalue weighted by molar-refractivity contribution is -0.133. The van der Waals surface area contributed by atoms with Crippen LogP contribution in [0.1, 0.15) is 49.7 Å². The SMILES string of the molecule is COc1ccc2cc3n(c2c1)C[C@](C)(C(=O)NCCCN1C[C@H](C)C[C@H](C)C1)N(Cc1ccc(Cl)cc1)C3=O. The fourth-order valence-corrected chi connectivity index (χ4v) is 6.47. The van der Waals surface area contributed by atoms with Crippen molar-refractivity contribution in [1.29, 1.82) is 0 Å². The number of amides is 2. The van der Waals surface area contributed by atoms with Crippen LogP contribution in [0, 0.1) is 11.8 Å². The predicted octanol–water partition coefficient (Wildman–Crippen LogP) is 5.20. The van der Waals surface area contributed by atoms with Crippen LogP contribution in [0.4, 0.5) is 0 Å². The Hall–Kier alpha value is -3.03. The standard InChI is InChI=1S/C31H39ClN4O3/c1-21-14-22(2)18-34(17-21)13-5-12-33-30(38)31(3)20-35-27-16-26(39-4)11-8-24(27)15-28(35)29(37)36(31)19-23-6-9-25(32)10-7-23/h6-11,15-16,21-22H,5,12-14,17-20H2,1-4H3,(H,33,38)/t21-,22+,31-/m1/s1. The molecule has 3 aromatic rings. The first-order chi connectivity index (χ1) is 18.7. The van der Waals surface area contributed by atoms with Crippen LogP contribution in [0.2, 0.25) is 5.02 Å². The summed E-state index contributed by atoms with van der Waals surface area (Å²) in [5.74, 6) is 1.83. The molecule has 2 aliphatic rings. The number of ether oxygens (including phenoxy) is 1. The van der Waals surface area contributed by atoms with E-state index in [1.54, 1.807) is 12.0 Å². The van der Waals surface area contributed by atoms with Crippen LogP contribution in [0.25, 0.3) is 10.9 Å². The van der Waals surface area contributed by atoms with Crippen molar-refractivity contribution in [3.8, 4) is 5.75 Å². The molecule has 39 heavy (non-hydrogen) atoms. The van der Waals surface area contributed by atoms with Gasteiger partial charge in [0.1, 0.15) is 17.0 Å². The Balaban J connectivity index is 1.38. The van der Waals surface area contributed by atoms with E-state index in [0.717, 1.165) is 42.5 Å². The van der Waals surface area contributed by atoms with E-state index in [-0.39, 0.29) is 11.8 Å². The number of piperidine rings is 1. The van der Waals surface area contributed by atoms with Crippen LogP contribution in [-0.2, 0) is 17.9 Å². The number of benzene rings is 2. The maximum Gasteiger partial charge on any atom is 0.271 e. The fourth-order valence-electron chi connectivity index (χ4n) is 6.35. The van der Waals surface area contributed by atoms with E-state index in [1.807, 2.05) is 60.0 Å². The molecule has 0 unspecified atom stereocenters. The fraction of sp³-hybridized carbons (Fsp3) is 0.484. The van der Waals surface area contributed by atoms with Crippen molar-refractivity contribution in [2.75, 3.05) is 33.3 Å². The zero-order valence-corrected chi connectivity index (χ0v) is 24.1. The molecule has 3 atom stereocenters. The minimum absolute atomic E-state index is 0.138. The molecule has 2 aliphatic heterocycles. The molecule has 8 heteroatoms. The van der Waals surface area contributed by atoms with Gasteiger partial charge in [0.15, 0.2) is 0 Å². The highest BCUT2D eigenvalue weighted by Gasteiger charge is 2.47. The highest BCUT2D eigenvalue weighted by molar-refractivity contribution is 6.30. The average molecular weight is 551 g/mol.